The van der Waals surface area contributed by atoms with Gasteiger partial charge in [0.2, 0.25) is 0 Å². The highest BCUT2D eigenvalue weighted by Crippen LogP contribution is 2.44. The molecule has 0 amide bonds. The van der Waals surface area contributed by atoms with Gasteiger partial charge in [0.15, 0.2) is 0 Å². The monoisotopic (exact) mass is 842 g/mol. The molecule has 0 radical (unpaired) electrons. The molecule has 4 heteroatoms. The van der Waals surface area contributed by atoms with Crippen molar-refractivity contribution < 1.29 is 0 Å². The van der Waals surface area contributed by atoms with Gasteiger partial charge in [-0.05, 0) is 119 Å². The highest BCUT2D eigenvalue weighted by atomic mass is 15.1. The first-order valence-corrected chi connectivity index (χ1v) is 22.6. The van der Waals surface area contributed by atoms with E-state index in [0.717, 1.165) is 34.1 Å². The highest BCUT2D eigenvalue weighted by molar-refractivity contribution is 6.25. The number of aromatic nitrogens is 3. The molecular formula is C62H42N4. The number of fused-ring (bicyclic) bond motifs is 8. The normalized spacial score (nSPS) is 11.6. The molecule has 0 saturated carbocycles. The van der Waals surface area contributed by atoms with Crippen molar-refractivity contribution in [1.82, 2.24) is 13.7 Å². The molecule has 0 atom stereocenters. The van der Waals surface area contributed by atoms with E-state index in [1.807, 2.05) is 0 Å². The maximum absolute atomic E-state index is 2.50. The summed E-state index contributed by atoms with van der Waals surface area (Å²) in [7, 11) is 0. The van der Waals surface area contributed by atoms with E-state index >= 15 is 0 Å². The molecule has 0 saturated heterocycles. The molecule has 0 unspecified atom stereocenters. The minimum atomic E-state index is 1.07. The van der Waals surface area contributed by atoms with Crippen LogP contribution in [0.4, 0.5) is 17.1 Å². The molecule has 0 N–H and O–H groups in total. The first-order valence-electron chi connectivity index (χ1n) is 22.6. The molecule has 0 aliphatic carbocycles. The smallest absolute Gasteiger partial charge is 0.0788 e. The molecule has 0 aliphatic heterocycles. The summed E-state index contributed by atoms with van der Waals surface area (Å²) in [6.07, 6.45) is 2.19. The lowest BCUT2D eigenvalue weighted by Crippen LogP contribution is -2.10. The lowest BCUT2D eigenvalue weighted by atomic mass is 10.0. The van der Waals surface area contributed by atoms with E-state index in [9.17, 15) is 0 Å². The third kappa shape index (κ3) is 6.15. The van der Waals surface area contributed by atoms with Gasteiger partial charge in [0.05, 0.1) is 27.6 Å². The molecule has 3 heterocycles. The van der Waals surface area contributed by atoms with Crippen molar-refractivity contribution in [3.05, 3.63) is 255 Å². The molecule has 4 nitrogen and oxygen atoms in total. The van der Waals surface area contributed by atoms with Crippen LogP contribution in [0.2, 0.25) is 0 Å². The Labute approximate surface area is 382 Å². The van der Waals surface area contributed by atoms with Gasteiger partial charge in [-0.2, -0.15) is 0 Å². The second kappa shape index (κ2) is 15.4. The lowest BCUT2D eigenvalue weighted by molar-refractivity contribution is 1.13. The van der Waals surface area contributed by atoms with Crippen LogP contribution in [0.5, 0.6) is 0 Å². The summed E-state index contributed by atoms with van der Waals surface area (Å²) in [6, 6.07) is 90.1. The number of rotatable bonds is 8. The third-order valence-electron chi connectivity index (χ3n) is 13.3. The van der Waals surface area contributed by atoms with E-state index in [1.165, 1.54) is 76.8 Å². The van der Waals surface area contributed by atoms with Gasteiger partial charge in [0.1, 0.15) is 0 Å². The average molecular weight is 843 g/mol. The Morgan fingerprint density at radius 3 is 1.29 bits per heavy atom. The molecule has 66 heavy (non-hydrogen) atoms. The average Bonchev–Trinajstić information content (AvgIpc) is 4.07. The Morgan fingerprint density at radius 2 is 0.712 bits per heavy atom. The molecule has 10 aromatic carbocycles. The van der Waals surface area contributed by atoms with Crippen LogP contribution < -0.4 is 4.90 Å². The maximum Gasteiger partial charge on any atom is 0.0788 e. The summed E-state index contributed by atoms with van der Waals surface area (Å²) in [5.74, 6) is 0. The Hall–Kier alpha value is -8.86. The van der Waals surface area contributed by atoms with Gasteiger partial charge < -0.3 is 18.6 Å². The quantitative estimate of drug-likeness (QED) is 0.149. The van der Waals surface area contributed by atoms with Crippen molar-refractivity contribution in [3.63, 3.8) is 0 Å². The zero-order chi connectivity index (χ0) is 43.6. The zero-order valence-corrected chi connectivity index (χ0v) is 36.0. The van der Waals surface area contributed by atoms with E-state index in [1.54, 1.807) is 0 Å². The molecule has 3 aromatic heterocycles. The second-order valence-electron chi connectivity index (χ2n) is 17.0. The number of hydrogen-bond donors (Lipinski definition) is 0. The minimum absolute atomic E-state index is 1.07. The Balaban J connectivity index is 1.03. The number of nitrogens with zero attached hydrogens (tertiary/aromatic N) is 4. The zero-order valence-electron chi connectivity index (χ0n) is 36.0. The van der Waals surface area contributed by atoms with Crippen LogP contribution in [0.3, 0.4) is 0 Å². The molecule has 310 valence electrons. The van der Waals surface area contributed by atoms with Gasteiger partial charge in [0.25, 0.3) is 0 Å². The SMILES string of the molecule is c1ccc(-c2ccc(N(c3ccc(-c4ccccc4)cc3)c3ccc(-n4c5cc6ccn(-c7ccccc7)c6cc5c5ccc6c7ccccc7n(-c7ccccc7)c6c54)cc3)cc2)cc1. The fourth-order valence-corrected chi connectivity index (χ4v) is 10.2. The highest BCUT2D eigenvalue weighted by Gasteiger charge is 2.23. The van der Waals surface area contributed by atoms with Crippen LogP contribution in [-0.4, -0.2) is 13.7 Å². The van der Waals surface area contributed by atoms with Gasteiger partial charge in [-0.25, -0.2) is 0 Å². The van der Waals surface area contributed by atoms with Crippen molar-refractivity contribution in [2.24, 2.45) is 0 Å². The van der Waals surface area contributed by atoms with Gasteiger partial charge in [0, 0.05) is 67.3 Å². The molecule has 0 bridgehead atoms. The minimum Gasteiger partial charge on any atom is -0.317 e. The van der Waals surface area contributed by atoms with Crippen molar-refractivity contribution >= 4 is 71.6 Å². The van der Waals surface area contributed by atoms with Crippen molar-refractivity contribution in [1.29, 1.82) is 0 Å². The van der Waals surface area contributed by atoms with Crippen LogP contribution in [-0.2, 0) is 0 Å². The number of anilines is 3. The fourth-order valence-electron chi connectivity index (χ4n) is 10.2. The predicted octanol–water partition coefficient (Wildman–Crippen LogP) is 16.6. The predicted molar refractivity (Wildman–Crippen MR) is 278 cm³/mol. The summed E-state index contributed by atoms with van der Waals surface area (Å²) in [6.45, 7) is 0. The third-order valence-corrected chi connectivity index (χ3v) is 13.3. The molecule has 0 aliphatic rings. The van der Waals surface area contributed by atoms with Crippen LogP contribution >= 0.6 is 0 Å². The summed E-state index contributed by atoms with van der Waals surface area (Å²) in [4.78, 5) is 2.36. The van der Waals surface area contributed by atoms with Crippen molar-refractivity contribution in [3.8, 4) is 39.3 Å². The molecule has 13 aromatic rings. The summed E-state index contributed by atoms with van der Waals surface area (Å²) >= 11 is 0. The summed E-state index contributed by atoms with van der Waals surface area (Å²) in [5.41, 5.74) is 17.3. The number of hydrogen-bond acceptors (Lipinski definition) is 1. The van der Waals surface area contributed by atoms with Crippen LogP contribution in [0.25, 0.3) is 93.8 Å². The Morgan fingerprint density at radius 1 is 0.273 bits per heavy atom. The van der Waals surface area contributed by atoms with Gasteiger partial charge in [-0.3, -0.25) is 0 Å². The van der Waals surface area contributed by atoms with E-state index in [4.69, 9.17) is 0 Å². The fraction of sp³-hybridized carbons (Fsp3) is 0. The number of para-hydroxylation sites is 3. The van der Waals surface area contributed by atoms with Crippen LogP contribution in [0.15, 0.2) is 255 Å². The lowest BCUT2D eigenvalue weighted by Gasteiger charge is -2.26. The largest absolute Gasteiger partial charge is 0.317 e. The molecule has 13 rings (SSSR count). The molecule has 0 fully saturated rings. The van der Waals surface area contributed by atoms with Gasteiger partial charge >= 0.3 is 0 Å². The first kappa shape index (κ1) is 37.7. The van der Waals surface area contributed by atoms with E-state index in [-0.39, 0.29) is 0 Å². The van der Waals surface area contributed by atoms with Crippen LogP contribution in [0.1, 0.15) is 0 Å². The summed E-state index contributed by atoms with van der Waals surface area (Å²) < 4.78 is 7.27. The van der Waals surface area contributed by atoms with Crippen molar-refractivity contribution in [2.45, 2.75) is 0 Å². The number of benzene rings is 10. The first-order chi connectivity index (χ1) is 32.7. The van der Waals surface area contributed by atoms with E-state index in [2.05, 4.69) is 274 Å². The van der Waals surface area contributed by atoms with E-state index in [0.29, 0.717) is 0 Å². The van der Waals surface area contributed by atoms with Gasteiger partial charge in [-0.1, -0.05) is 152 Å². The van der Waals surface area contributed by atoms with E-state index < -0.39 is 0 Å². The molecular weight excluding hydrogens is 801 g/mol. The Bertz CT molecular complexity index is 3780. The van der Waals surface area contributed by atoms with Gasteiger partial charge in [-0.15, -0.1) is 0 Å². The Kier molecular flexibility index (Phi) is 8.81. The second-order valence-corrected chi connectivity index (χ2v) is 17.0. The van der Waals surface area contributed by atoms with Crippen LogP contribution in [0, 0.1) is 0 Å². The topological polar surface area (TPSA) is 18.0 Å². The molecule has 0 spiro atoms. The maximum atomic E-state index is 2.50. The van der Waals surface area contributed by atoms with Crippen molar-refractivity contribution in [2.75, 3.05) is 4.90 Å². The summed E-state index contributed by atoms with van der Waals surface area (Å²) in [5, 5.41) is 6.07. The standard InChI is InChI=1S/C62H42N4/c1-5-15-43(16-6-1)45-25-29-50(30-26-45)64(51-31-27-46(28-32-51)44-17-7-2-8-18-44)52-33-35-53(36-34-52)66-60-41-47-39-40-63(48-19-9-3-10-20-48)59(47)42-57(60)56-38-37-55-54-23-13-14-24-58(54)65(61(55)62(56)66)49-21-11-4-12-22-49/h1-42H.